The van der Waals surface area contributed by atoms with Crippen molar-refractivity contribution in [3.63, 3.8) is 0 Å². The van der Waals surface area contributed by atoms with Crippen LogP contribution in [0.1, 0.15) is 36.3 Å². The number of rotatable bonds is 1. The predicted molar refractivity (Wildman–Crippen MR) is 89.6 cm³/mol. The van der Waals surface area contributed by atoms with Crippen molar-refractivity contribution < 1.29 is 14.3 Å². The zero-order chi connectivity index (χ0) is 16.7. The summed E-state index contributed by atoms with van der Waals surface area (Å²) in [5, 5.41) is 0. The van der Waals surface area contributed by atoms with Gasteiger partial charge in [0.25, 0.3) is 0 Å². The third kappa shape index (κ3) is 2.61. The molecule has 1 aromatic rings. The van der Waals surface area contributed by atoms with Gasteiger partial charge in [-0.3, -0.25) is 9.59 Å². The van der Waals surface area contributed by atoms with Gasteiger partial charge in [0.05, 0.1) is 11.5 Å². The highest BCUT2D eigenvalue weighted by atomic mass is 16.5. The summed E-state index contributed by atoms with van der Waals surface area (Å²) in [6.45, 7) is 2.25. The van der Waals surface area contributed by atoms with Crippen molar-refractivity contribution in [2.45, 2.75) is 37.2 Å². The summed E-state index contributed by atoms with van der Waals surface area (Å²) in [6.07, 6.45) is 3.55. The second kappa shape index (κ2) is 5.88. The minimum atomic E-state index is -0.257. The van der Waals surface area contributed by atoms with Crippen LogP contribution in [0.3, 0.4) is 0 Å². The maximum Gasteiger partial charge on any atom is 0.248 e. The maximum absolute atomic E-state index is 13.0. The van der Waals surface area contributed by atoms with Gasteiger partial charge in [0.15, 0.2) is 0 Å². The number of carbonyl (C=O) groups excluding carboxylic acids is 2. The van der Waals surface area contributed by atoms with Crippen molar-refractivity contribution >= 4 is 11.8 Å². The van der Waals surface area contributed by atoms with Gasteiger partial charge in [-0.1, -0.05) is 24.3 Å². The van der Waals surface area contributed by atoms with Crippen molar-refractivity contribution in [1.29, 1.82) is 0 Å². The topological polar surface area (TPSA) is 49.9 Å². The molecule has 2 heterocycles. The fraction of sp³-hybridized carbons (Fsp3) is 0.579. The molecule has 0 saturated carbocycles. The van der Waals surface area contributed by atoms with Crippen LogP contribution in [0.15, 0.2) is 24.3 Å². The molecule has 0 bridgehead atoms. The highest BCUT2D eigenvalue weighted by Crippen LogP contribution is 2.36. The summed E-state index contributed by atoms with van der Waals surface area (Å²) in [5.74, 6) is 0.323. The van der Waals surface area contributed by atoms with Crippen LogP contribution >= 0.6 is 0 Å². The predicted octanol–water partition coefficient (Wildman–Crippen LogP) is 1.57. The standard InChI is InChI=1S/C19H24N2O3/c1-20-13-19(24-12-17(20)22)8-10-21(11-9-19)18(23)16-7-6-14-4-2-3-5-15(14)16/h2-5,16H,6-13H2,1H3/t16-/m1/s1. The van der Waals surface area contributed by atoms with Crippen LogP contribution in [0.25, 0.3) is 0 Å². The van der Waals surface area contributed by atoms with Crippen LogP contribution in [0.4, 0.5) is 0 Å². The molecule has 0 radical (unpaired) electrons. The van der Waals surface area contributed by atoms with E-state index >= 15 is 0 Å². The number of amides is 2. The van der Waals surface area contributed by atoms with Crippen LogP contribution in [-0.4, -0.2) is 60.5 Å². The number of hydrogen-bond acceptors (Lipinski definition) is 3. The molecule has 2 aliphatic heterocycles. The van der Waals surface area contributed by atoms with E-state index in [1.807, 2.05) is 18.0 Å². The average Bonchev–Trinajstić information content (AvgIpc) is 3.03. The van der Waals surface area contributed by atoms with Gasteiger partial charge in [-0.15, -0.1) is 0 Å². The summed E-state index contributed by atoms with van der Waals surface area (Å²) in [4.78, 5) is 28.3. The molecule has 1 spiro atoms. The Morgan fingerprint density at radius 3 is 2.75 bits per heavy atom. The quantitative estimate of drug-likeness (QED) is 0.786. The Balaban J connectivity index is 1.41. The zero-order valence-corrected chi connectivity index (χ0v) is 14.2. The lowest BCUT2D eigenvalue weighted by atomic mass is 9.88. The second-order valence-corrected chi connectivity index (χ2v) is 7.34. The number of carbonyl (C=O) groups is 2. The van der Waals surface area contributed by atoms with Gasteiger partial charge in [0.1, 0.15) is 6.61 Å². The Kier molecular flexibility index (Phi) is 3.83. The van der Waals surface area contributed by atoms with Crippen LogP contribution in [-0.2, 0) is 20.7 Å². The average molecular weight is 328 g/mol. The monoisotopic (exact) mass is 328 g/mol. The molecule has 0 aromatic heterocycles. The van der Waals surface area contributed by atoms with Gasteiger partial charge in [-0.05, 0) is 36.8 Å². The molecule has 2 amide bonds. The molecule has 128 valence electrons. The normalized spacial score (nSPS) is 25.9. The Hall–Kier alpha value is -1.88. The number of likely N-dealkylation sites (N-methyl/N-ethyl adjacent to an activating group) is 1. The Morgan fingerprint density at radius 1 is 1.25 bits per heavy atom. The molecular weight excluding hydrogens is 304 g/mol. The smallest absolute Gasteiger partial charge is 0.248 e. The molecule has 0 unspecified atom stereocenters. The minimum Gasteiger partial charge on any atom is -0.363 e. The van der Waals surface area contributed by atoms with Crippen LogP contribution in [0, 0.1) is 0 Å². The molecule has 2 fully saturated rings. The molecule has 5 heteroatoms. The third-order valence-electron chi connectivity index (χ3n) is 5.87. The highest BCUT2D eigenvalue weighted by Gasteiger charge is 2.43. The highest BCUT2D eigenvalue weighted by molar-refractivity contribution is 5.85. The lowest BCUT2D eigenvalue weighted by Gasteiger charge is -2.46. The number of likely N-dealkylation sites (tertiary alicyclic amines) is 1. The van der Waals surface area contributed by atoms with Gasteiger partial charge < -0.3 is 14.5 Å². The summed E-state index contributed by atoms with van der Waals surface area (Å²) in [7, 11) is 1.83. The number of nitrogens with zero attached hydrogens (tertiary/aromatic N) is 2. The van der Waals surface area contributed by atoms with Gasteiger partial charge in [-0.25, -0.2) is 0 Å². The Bertz CT molecular complexity index is 664. The van der Waals surface area contributed by atoms with Gasteiger partial charge in [-0.2, -0.15) is 0 Å². The van der Waals surface area contributed by atoms with E-state index in [1.165, 1.54) is 11.1 Å². The molecule has 4 rings (SSSR count). The summed E-state index contributed by atoms with van der Waals surface area (Å²) < 4.78 is 5.87. The lowest BCUT2D eigenvalue weighted by molar-refractivity contribution is -0.171. The van der Waals surface area contributed by atoms with E-state index in [4.69, 9.17) is 4.74 Å². The van der Waals surface area contributed by atoms with Crippen molar-refractivity contribution in [1.82, 2.24) is 9.80 Å². The first-order valence-electron chi connectivity index (χ1n) is 8.82. The SMILES string of the molecule is CN1CC2(CCN(C(=O)[C@@H]3CCc4ccccc43)CC2)OCC1=O. The molecule has 5 nitrogen and oxygen atoms in total. The minimum absolute atomic E-state index is 0.0202. The molecule has 0 N–H and O–H groups in total. The van der Waals surface area contributed by atoms with E-state index in [0.29, 0.717) is 6.54 Å². The Labute approximate surface area is 142 Å². The fourth-order valence-corrected chi connectivity index (χ4v) is 4.36. The van der Waals surface area contributed by atoms with Gasteiger partial charge >= 0.3 is 0 Å². The molecule has 24 heavy (non-hydrogen) atoms. The summed E-state index contributed by atoms with van der Waals surface area (Å²) in [6, 6.07) is 8.31. The van der Waals surface area contributed by atoms with Crippen molar-refractivity contribution in [3.8, 4) is 0 Å². The van der Waals surface area contributed by atoms with Crippen LogP contribution < -0.4 is 0 Å². The molecule has 1 atom stereocenters. The number of ether oxygens (including phenoxy) is 1. The zero-order valence-electron chi connectivity index (χ0n) is 14.2. The van der Waals surface area contributed by atoms with Crippen LogP contribution in [0.2, 0.25) is 0 Å². The largest absolute Gasteiger partial charge is 0.363 e. The maximum atomic E-state index is 13.0. The summed E-state index contributed by atoms with van der Waals surface area (Å²) in [5.41, 5.74) is 2.27. The molecule has 1 aliphatic carbocycles. The first kappa shape index (κ1) is 15.6. The Morgan fingerprint density at radius 2 is 2.00 bits per heavy atom. The molecular formula is C19H24N2O3. The van der Waals surface area contributed by atoms with Crippen LogP contribution in [0.5, 0.6) is 0 Å². The fourth-order valence-electron chi connectivity index (χ4n) is 4.36. The number of aryl methyl sites for hydroxylation is 1. The van der Waals surface area contributed by atoms with Gasteiger partial charge in [0, 0.05) is 26.7 Å². The van der Waals surface area contributed by atoms with Gasteiger partial charge in [0.2, 0.25) is 11.8 Å². The number of benzene rings is 1. The van der Waals surface area contributed by atoms with E-state index in [0.717, 1.165) is 38.8 Å². The molecule has 1 aromatic carbocycles. The van der Waals surface area contributed by atoms with E-state index in [1.54, 1.807) is 4.90 Å². The van der Waals surface area contributed by atoms with Crippen molar-refractivity contribution in [2.75, 3.05) is 33.3 Å². The van der Waals surface area contributed by atoms with Crippen molar-refractivity contribution in [3.05, 3.63) is 35.4 Å². The summed E-state index contributed by atoms with van der Waals surface area (Å²) >= 11 is 0. The first-order chi connectivity index (χ1) is 11.6. The number of piperidine rings is 1. The number of morpholine rings is 1. The van der Waals surface area contributed by atoms with E-state index in [2.05, 4.69) is 18.2 Å². The van der Waals surface area contributed by atoms with Crippen molar-refractivity contribution in [2.24, 2.45) is 0 Å². The van der Waals surface area contributed by atoms with E-state index < -0.39 is 0 Å². The molecule has 2 saturated heterocycles. The number of fused-ring (bicyclic) bond motifs is 1. The first-order valence-corrected chi connectivity index (χ1v) is 8.82. The van der Waals surface area contributed by atoms with E-state index in [9.17, 15) is 9.59 Å². The second-order valence-electron chi connectivity index (χ2n) is 7.34. The lowest BCUT2D eigenvalue weighted by Crippen LogP contribution is -2.58. The third-order valence-corrected chi connectivity index (χ3v) is 5.87. The number of hydrogen-bond donors (Lipinski definition) is 0. The van der Waals surface area contributed by atoms with E-state index in [-0.39, 0.29) is 29.9 Å². The molecule has 3 aliphatic rings.